The van der Waals surface area contributed by atoms with Crippen LogP contribution in [0.25, 0.3) is 0 Å². The molecule has 41 heavy (non-hydrogen) atoms. The van der Waals surface area contributed by atoms with Crippen LogP contribution in [-0.4, -0.2) is 111 Å². The van der Waals surface area contributed by atoms with Gasteiger partial charge in [0.15, 0.2) is 5.90 Å². The summed E-state index contributed by atoms with van der Waals surface area (Å²) in [5.41, 5.74) is -7.44. The van der Waals surface area contributed by atoms with Gasteiger partial charge in [-0.2, -0.15) is 33.7 Å². The third-order valence-corrected chi connectivity index (χ3v) is 17.3. The Bertz CT molecular complexity index is 1390. The van der Waals surface area contributed by atoms with Crippen molar-refractivity contribution >= 4 is 55.7 Å². The van der Waals surface area contributed by atoms with Gasteiger partial charge in [0.1, 0.15) is 45.4 Å². The highest BCUT2D eigenvalue weighted by Gasteiger charge is 2.58. The van der Waals surface area contributed by atoms with Gasteiger partial charge in [-0.05, 0) is 27.7 Å². The van der Waals surface area contributed by atoms with E-state index in [-0.39, 0.29) is 0 Å². The predicted octanol–water partition coefficient (Wildman–Crippen LogP) is -0.129. The molecule has 4 aliphatic rings. The second-order valence-corrected chi connectivity index (χ2v) is 22.2. The van der Waals surface area contributed by atoms with Gasteiger partial charge in [0.05, 0.1) is 26.4 Å². The second-order valence-electron chi connectivity index (χ2n) is 11.4. The van der Waals surface area contributed by atoms with E-state index in [1.54, 1.807) is 0 Å². The number of hydrogen-bond donors (Lipinski definition) is 0. The lowest BCUT2D eigenvalue weighted by molar-refractivity contribution is 0.00879. The molecule has 0 N–H and O–H groups in total. The van der Waals surface area contributed by atoms with Gasteiger partial charge in [0.2, 0.25) is 0 Å². The van der Waals surface area contributed by atoms with Crippen molar-refractivity contribution < 1.29 is 77.6 Å². The molecule has 0 spiro atoms. The van der Waals surface area contributed by atoms with Crippen molar-refractivity contribution in [1.29, 1.82) is 0 Å². The van der Waals surface area contributed by atoms with E-state index in [9.17, 15) is 42.8 Å². The Hall–Kier alpha value is -0.0600. The van der Waals surface area contributed by atoms with Crippen LogP contribution in [0, 0.1) is 0 Å². The first-order valence-corrected chi connectivity index (χ1v) is 21.4. The fraction of sp³-hybridized carbons (Fsp3) is 1.00. The molecule has 4 saturated heterocycles. The Labute approximate surface area is 238 Å². The van der Waals surface area contributed by atoms with Crippen molar-refractivity contribution in [2.24, 2.45) is 0 Å². The summed E-state index contributed by atoms with van der Waals surface area (Å²) in [6.45, 7) is 2.20. The Morgan fingerprint density at radius 1 is 0.488 bits per heavy atom. The monoisotopic (exact) mass is 712 g/mol. The molecule has 4 atom stereocenters. The summed E-state index contributed by atoms with van der Waals surface area (Å²) in [6, 6.07) is 0. The molecule has 0 aromatic heterocycles. The van der Waals surface area contributed by atoms with E-state index < -0.39 is 133 Å². The first-order chi connectivity index (χ1) is 18.2. The molecule has 0 bridgehead atoms. The average molecular weight is 713 g/mol. The fourth-order valence-corrected chi connectivity index (χ4v) is 16.4. The zero-order valence-electron chi connectivity index (χ0n) is 22.2. The third-order valence-electron chi connectivity index (χ3n) is 5.89. The molecule has 4 rings (SSSR count). The highest BCUT2D eigenvalue weighted by atomic mass is 32.2. The minimum absolute atomic E-state index is 0.645. The van der Waals surface area contributed by atoms with Crippen LogP contribution in [-0.2, 0) is 84.4 Å². The quantitative estimate of drug-likeness (QED) is 0.211. The maximum Gasteiger partial charge on any atom is 0.344 e. The molecule has 0 aliphatic carbocycles. The Morgan fingerprint density at radius 2 is 0.683 bits per heavy atom. The van der Waals surface area contributed by atoms with Gasteiger partial charge in [0.25, 0.3) is 40.5 Å². The van der Waals surface area contributed by atoms with Crippen LogP contribution in [0.4, 0.5) is 0 Å². The Morgan fingerprint density at radius 3 is 0.829 bits per heavy atom. The van der Waals surface area contributed by atoms with Gasteiger partial charge in [-0.15, -0.1) is 0 Å². The minimum atomic E-state index is -5.00. The average Bonchev–Trinajstić information content (AvgIpc) is 3.34. The lowest BCUT2D eigenvalue weighted by Gasteiger charge is -2.37. The molecule has 4 aliphatic heterocycles. The second kappa shape index (κ2) is 10.2. The topological polar surface area (TPSA) is 245 Å². The van der Waals surface area contributed by atoms with E-state index in [1.807, 2.05) is 0 Å². The summed E-state index contributed by atoms with van der Waals surface area (Å²) < 4.78 is 166. The maximum absolute atomic E-state index is 14.4. The molecular weight excluding hydrogens is 682 g/mol. The van der Waals surface area contributed by atoms with E-state index in [0.717, 1.165) is 0 Å². The van der Waals surface area contributed by atoms with Crippen LogP contribution in [0.3, 0.4) is 0 Å². The molecule has 4 fully saturated rings. The number of hydrogen-bond acceptors (Lipinski definition) is 18. The van der Waals surface area contributed by atoms with Gasteiger partial charge in [0, 0.05) is 0 Å². The fourth-order valence-electron chi connectivity index (χ4n) is 4.61. The largest absolute Gasteiger partial charge is 0.344 e. The van der Waals surface area contributed by atoms with Crippen molar-refractivity contribution in [1.82, 2.24) is 0 Å². The summed E-state index contributed by atoms with van der Waals surface area (Å²) in [5.74, 6) is -4.62. The number of rotatable bonds is 10. The molecule has 24 heteroatoms. The molecule has 0 aromatic rings. The molecule has 4 heterocycles. The highest BCUT2D eigenvalue weighted by molar-refractivity contribution is 7.87. The molecular formula is C17H30O18P2S4. The SMILES string of the molecule is CC1(OP(=O)(CP(=O)(OC2(C)COS(=O)(=O)C2)OC2(C)COS(=O)(=O)C2)OC2(C)COS(=O)(=O)C2)COS(=O)(=O)C1. The van der Waals surface area contributed by atoms with Crippen molar-refractivity contribution in [3.8, 4) is 0 Å². The van der Waals surface area contributed by atoms with Crippen LogP contribution in [0.1, 0.15) is 27.7 Å². The normalized spacial score (nSPS) is 42.0. The Balaban J connectivity index is 1.74. The summed E-state index contributed by atoms with van der Waals surface area (Å²) in [5, 5.41) is 0. The summed E-state index contributed by atoms with van der Waals surface area (Å²) in [6.07, 6.45) is 0. The molecule has 240 valence electrons. The summed E-state index contributed by atoms with van der Waals surface area (Å²) in [4.78, 5) is 0. The first-order valence-electron chi connectivity index (χ1n) is 11.7. The molecule has 0 amide bonds. The standard InChI is InChI=1S/C17H30O18P2S4/c1-14(5-28-38(20,21)9-14)32-36(18,33-15(2)6-29-39(22,23)10-15)13-37(19,34-16(3)7-30-40(24,25)11-16)35-17(4)8-31-41(26,27)12-17/h5-13H2,1-4H3. The van der Waals surface area contributed by atoms with Crippen molar-refractivity contribution in [2.45, 2.75) is 50.1 Å². The van der Waals surface area contributed by atoms with E-state index in [0.29, 0.717) is 0 Å². The first kappa shape index (κ1) is 33.8. The van der Waals surface area contributed by atoms with Gasteiger partial charge in [-0.25, -0.2) is 0 Å². The van der Waals surface area contributed by atoms with Crippen molar-refractivity contribution in [2.75, 3.05) is 55.3 Å². The van der Waals surface area contributed by atoms with E-state index in [4.69, 9.17) is 34.8 Å². The van der Waals surface area contributed by atoms with Crippen LogP contribution in [0.2, 0.25) is 0 Å². The van der Waals surface area contributed by atoms with Crippen LogP contribution >= 0.6 is 15.2 Å². The van der Waals surface area contributed by atoms with Gasteiger partial charge in [-0.1, -0.05) is 0 Å². The van der Waals surface area contributed by atoms with Crippen LogP contribution in [0.5, 0.6) is 0 Å². The van der Waals surface area contributed by atoms with Crippen molar-refractivity contribution in [3.05, 3.63) is 0 Å². The van der Waals surface area contributed by atoms with Crippen LogP contribution < -0.4 is 0 Å². The third kappa shape index (κ3) is 8.56. The lowest BCUT2D eigenvalue weighted by atomic mass is 10.2. The smallest absolute Gasteiger partial charge is 0.298 e. The van der Waals surface area contributed by atoms with Crippen molar-refractivity contribution in [3.63, 3.8) is 0 Å². The molecule has 4 unspecified atom stereocenters. The lowest BCUT2D eigenvalue weighted by Crippen LogP contribution is -2.39. The molecule has 0 radical (unpaired) electrons. The van der Waals surface area contributed by atoms with Gasteiger partial charge in [-0.3, -0.25) is 44.0 Å². The van der Waals surface area contributed by atoms with Gasteiger partial charge < -0.3 is 0 Å². The maximum atomic E-state index is 14.4. The highest BCUT2D eigenvalue weighted by Crippen LogP contribution is 2.69. The van der Waals surface area contributed by atoms with Crippen LogP contribution in [0.15, 0.2) is 0 Å². The Kier molecular flexibility index (Phi) is 8.44. The summed E-state index contributed by atoms with van der Waals surface area (Å²) >= 11 is 0. The van der Waals surface area contributed by atoms with E-state index in [1.165, 1.54) is 27.7 Å². The van der Waals surface area contributed by atoms with Gasteiger partial charge >= 0.3 is 15.2 Å². The molecule has 0 aromatic carbocycles. The van der Waals surface area contributed by atoms with E-state index >= 15 is 0 Å². The predicted molar refractivity (Wildman–Crippen MR) is 137 cm³/mol. The zero-order chi connectivity index (χ0) is 31.0. The summed E-state index contributed by atoms with van der Waals surface area (Å²) in [7, 11) is -26.5. The molecule has 18 nitrogen and oxygen atoms in total. The molecule has 0 saturated carbocycles. The van der Waals surface area contributed by atoms with E-state index in [2.05, 4.69) is 0 Å². The minimum Gasteiger partial charge on any atom is -0.298 e. The zero-order valence-corrected chi connectivity index (χ0v) is 27.3.